The highest BCUT2D eigenvalue weighted by molar-refractivity contribution is 5.70. The summed E-state index contributed by atoms with van der Waals surface area (Å²) in [5.41, 5.74) is 4.79. The van der Waals surface area contributed by atoms with Gasteiger partial charge in [-0.3, -0.25) is 0 Å². The smallest absolute Gasteiger partial charge is 0.123 e. The van der Waals surface area contributed by atoms with Crippen molar-refractivity contribution in [3.8, 4) is 5.75 Å². The average Bonchev–Trinajstić information content (AvgIpc) is 3.33. The summed E-state index contributed by atoms with van der Waals surface area (Å²) in [4.78, 5) is 2.37. The number of rotatable bonds is 6. The normalized spacial score (nSPS) is 15.5. The number of benzene rings is 3. The van der Waals surface area contributed by atoms with E-state index in [0.717, 1.165) is 36.4 Å². The van der Waals surface area contributed by atoms with Crippen LogP contribution in [0.5, 0.6) is 5.75 Å². The molecule has 3 aromatic carbocycles. The van der Waals surface area contributed by atoms with Crippen LogP contribution in [0.4, 0.5) is 15.8 Å². The standard InChI is InChI=1S/C27H25FN2O/c28-23-10-7-22(8-11-23)27-16-9-21-5-1-2-6-26(21)30(27)24-12-14-25(15-13-24)31-20-19-29-17-3-4-18-29/h1-8,10-15,17-18,27H,9,16,19-20H2. The van der Waals surface area contributed by atoms with Crippen molar-refractivity contribution in [2.75, 3.05) is 11.5 Å². The predicted octanol–water partition coefficient (Wildman–Crippen LogP) is 6.53. The summed E-state index contributed by atoms with van der Waals surface area (Å²) in [6.07, 6.45) is 6.07. The number of hydrogen-bond acceptors (Lipinski definition) is 2. The van der Waals surface area contributed by atoms with E-state index in [1.54, 1.807) is 12.1 Å². The van der Waals surface area contributed by atoms with Crippen molar-refractivity contribution in [3.05, 3.63) is 114 Å². The predicted molar refractivity (Wildman–Crippen MR) is 122 cm³/mol. The van der Waals surface area contributed by atoms with Crippen LogP contribution in [0.3, 0.4) is 0 Å². The lowest BCUT2D eigenvalue weighted by atomic mass is 9.90. The lowest BCUT2D eigenvalue weighted by molar-refractivity contribution is 0.298. The molecule has 31 heavy (non-hydrogen) atoms. The Balaban J connectivity index is 1.40. The first-order valence-electron chi connectivity index (χ1n) is 10.7. The van der Waals surface area contributed by atoms with Gasteiger partial charge >= 0.3 is 0 Å². The van der Waals surface area contributed by atoms with Crippen LogP contribution in [-0.4, -0.2) is 11.2 Å². The number of hydrogen-bond donors (Lipinski definition) is 0. The third-order valence-corrected chi connectivity index (χ3v) is 5.90. The second-order valence-corrected chi connectivity index (χ2v) is 7.87. The molecule has 1 aliphatic heterocycles. The van der Waals surface area contributed by atoms with Gasteiger partial charge in [-0.15, -0.1) is 0 Å². The number of nitrogens with zero attached hydrogens (tertiary/aromatic N) is 2. The topological polar surface area (TPSA) is 17.4 Å². The fourth-order valence-corrected chi connectivity index (χ4v) is 4.36. The highest BCUT2D eigenvalue weighted by atomic mass is 19.1. The molecule has 1 unspecified atom stereocenters. The molecule has 5 rings (SSSR count). The first-order valence-corrected chi connectivity index (χ1v) is 10.7. The first-order chi connectivity index (χ1) is 15.3. The van der Waals surface area contributed by atoms with Crippen LogP contribution in [0.2, 0.25) is 0 Å². The summed E-state index contributed by atoms with van der Waals surface area (Å²) in [6.45, 7) is 1.44. The van der Waals surface area contributed by atoms with Crippen molar-refractivity contribution < 1.29 is 9.13 Å². The molecule has 2 heterocycles. The van der Waals surface area contributed by atoms with Crippen molar-refractivity contribution in [2.45, 2.75) is 25.4 Å². The third kappa shape index (κ3) is 4.19. The van der Waals surface area contributed by atoms with E-state index in [0.29, 0.717) is 6.61 Å². The Labute approximate surface area is 182 Å². The number of halogens is 1. The summed E-state index contributed by atoms with van der Waals surface area (Å²) < 4.78 is 21.6. The second kappa shape index (κ2) is 8.68. The van der Waals surface area contributed by atoms with Gasteiger partial charge in [0.25, 0.3) is 0 Å². The Bertz CT molecular complexity index is 1120. The van der Waals surface area contributed by atoms with E-state index in [1.807, 2.05) is 48.8 Å². The van der Waals surface area contributed by atoms with E-state index in [2.05, 4.69) is 45.9 Å². The molecule has 4 aromatic rings. The lowest BCUT2D eigenvalue weighted by Crippen LogP contribution is -2.29. The summed E-state index contributed by atoms with van der Waals surface area (Å²) in [5, 5.41) is 0. The van der Waals surface area contributed by atoms with Gasteiger partial charge in [-0.05, 0) is 78.6 Å². The molecular weight excluding hydrogens is 387 g/mol. The minimum absolute atomic E-state index is 0.163. The van der Waals surface area contributed by atoms with Crippen LogP contribution in [0.15, 0.2) is 97.3 Å². The van der Waals surface area contributed by atoms with Crippen molar-refractivity contribution in [1.29, 1.82) is 0 Å². The van der Waals surface area contributed by atoms with Gasteiger partial charge in [0.05, 0.1) is 12.6 Å². The first kappa shape index (κ1) is 19.4. The SMILES string of the molecule is Fc1ccc(C2CCc3ccccc3N2c2ccc(OCCn3cccc3)cc2)cc1. The summed E-state index contributed by atoms with van der Waals surface area (Å²) in [7, 11) is 0. The second-order valence-electron chi connectivity index (χ2n) is 7.87. The van der Waals surface area contributed by atoms with Crippen LogP contribution >= 0.6 is 0 Å². The van der Waals surface area contributed by atoms with Gasteiger partial charge < -0.3 is 14.2 Å². The Kier molecular flexibility index (Phi) is 5.44. The zero-order valence-electron chi connectivity index (χ0n) is 17.3. The Morgan fingerprint density at radius 3 is 2.35 bits per heavy atom. The molecule has 0 N–H and O–H groups in total. The molecule has 1 aromatic heterocycles. The molecule has 0 bridgehead atoms. The molecule has 0 radical (unpaired) electrons. The number of aromatic nitrogens is 1. The van der Waals surface area contributed by atoms with Gasteiger partial charge in [0.2, 0.25) is 0 Å². The van der Waals surface area contributed by atoms with Crippen molar-refractivity contribution in [1.82, 2.24) is 4.57 Å². The average molecular weight is 413 g/mol. The Morgan fingerprint density at radius 2 is 1.58 bits per heavy atom. The third-order valence-electron chi connectivity index (χ3n) is 5.90. The van der Waals surface area contributed by atoms with Crippen LogP contribution < -0.4 is 9.64 Å². The fourth-order valence-electron chi connectivity index (χ4n) is 4.36. The zero-order valence-corrected chi connectivity index (χ0v) is 17.3. The van der Waals surface area contributed by atoms with Crippen molar-refractivity contribution in [3.63, 3.8) is 0 Å². The molecule has 0 amide bonds. The fraction of sp³-hybridized carbons (Fsp3) is 0.185. The molecule has 1 aliphatic rings. The molecule has 0 aliphatic carbocycles. The van der Waals surface area contributed by atoms with Gasteiger partial charge in [0.15, 0.2) is 0 Å². The van der Waals surface area contributed by atoms with E-state index >= 15 is 0 Å². The lowest BCUT2D eigenvalue weighted by Gasteiger charge is -2.39. The van der Waals surface area contributed by atoms with Gasteiger partial charge in [-0.25, -0.2) is 4.39 Å². The molecular formula is C27H25FN2O. The molecule has 3 nitrogen and oxygen atoms in total. The Morgan fingerprint density at radius 1 is 0.839 bits per heavy atom. The van der Waals surface area contributed by atoms with Crippen molar-refractivity contribution in [2.24, 2.45) is 0 Å². The molecule has 0 spiro atoms. The number of aryl methyl sites for hydroxylation is 1. The van der Waals surface area contributed by atoms with E-state index in [4.69, 9.17) is 4.74 Å². The van der Waals surface area contributed by atoms with Gasteiger partial charge in [0.1, 0.15) is 18.2 Å². The summed E-state index contributed by atoms with van der Waals surface area (Å²) >= 11 is 0. The molecule has 0 saturated heterocycles. The van der Waals surface area contributed by atoms with Crippen LogP contribution in [0.25, 0.3) is 0 Å². The maximum atomic E-state index is 13.5. The van der Waals surface area contributed by atoms with Crippen molar-refractivity contribution >= 4 is 11.4 Å². The maximum absolute atomic E-state index is 13.5. The van der Waals surface area contributed by atoms with Gasteiger partial charge in [-0.1, -0.05) is 30.3 Å². The van der Waals surface area contributed by atoms with E-state index in [-0.39, 0.29) is 11.9 Å². The summed E-state index contributed by atoms with van der Waals surface area (Å²) in [6, 6.07) is 27.9. The number of ether oxygens (including phenoxy) is 1. The van der Waals surface area contributed by atoms with E-state index < -0.39 is 0 Å². The van der Waals surface area contributed by atoms with Crippen LogP contribution in [0, 0.1) is 5.82 Å². The minimum Gasteiger partial charge on any atom is -0.492 e. The van der Waals surface area contributed by atoms with Gasteiger partial charge in [0, 0.05) is 23.8 Å². The van der Waals surface area contributed by atoms with Crippen LogP contribution in [0.1, 0.15) is 23.6 Å². The van der Waals surface area contributed by atoms with E-state index in [9.17, 15) is 4.39 Å². The quantitative estimate of drug-likeness (QED) is 0.358. The largest absolute Gasteiger partial charge is 0.492 e. The molecule has 4 heteroatoms. The minimum atomic E-state index is -0.201. The number of anilines is 2. The number of para-hydroxylation sites is 1. The monoisotopic (exact) mass is 412 g/mol. The van der Waals surface area contributed by atoms with Crippen LogP contribution in [-0.2, 0) is 13.0 Å². The maximum Gasteiger partial charge on any atom is 0.123 e. The molecule has 0 saturated carbocycles. The molecule has 0 fully saturated rings. The zero-order chi connectivity index (χ0) is 21.0. The summed E-state index contributed by atoms with van der Waals surface area (Å²) in [5.74, 6) is 0.660. The van der Waals surface area contributed by atoms with E-state index in [1.165, 1.54) is 11.3 Å². The molecule has 1 atom stereocenters. The Hall–Kier alpha value is -3.53. The highest BCUT2D eigenvalue weighted by Crippen LogP contribution is 2.43. The van der Waals surface area contributed by atoms with Gasteiger partial charge in [-0.2, -0.15) is 0 Å². The highest BCUT2D eigenvalue weighted by Gasteiger charge is 2.28. The number of fused-ring (bicyclic) bond motifs is 1. The molecule has 156 valence electrons.